The zero-order chi connectivity index (χ0) is 18.3. The Morgan fingerprint density at radius 2 is 1.85 bits per heavy atom. The van der Waals surface area contributed by atoms with Gasteiger partial charge in [0.05, 0.1) is 11.9 Å². The quantitative estimate of drug-likeness (QED) is 0.511. The van der Waals surface area contributed by atoms with Crippen molar-refractivity contribution in [3.8, 4) is 22.8 Å². The number of hydrogen-bond acceptors (Lipinski definition) is 6. The summed E-state index contributed by atoms with van der Waals surface area (Å²) in [7, 11) is -3.85. The van der Waals surface area contributed by atoms with Crippen LogP contribution in [-0.2, 0) is 10.0 Å². The van der Waals surface area contributed by atoms with Gasteiger partial charge in [0.25, 0.3) is 10.0 Å². The second-order valence-corrected chi connectivity index (χ2v) is 8.93. The molecule has 0 radical (unpaired) electrons. The molecule has 0 spiro atoms. The third-order valence-corrected chi connectivity index (χ3v) is 6.23. The minimum Gasteiger partial charge on any atom is -0.457 e. The Kier molecular flexibility index (Phi) is 4.27. The SMILES string of the molecule is NS(=O)(=O)c1nn2cc(-c3ccccc3Oc3ccc(Br)cc3)nc2s1. The van der Waals surface area contributed by atoms with Gasteiger partial charge in [0.15, 0.2) is 0 Å². The van der Waals surface area contributed by atoms with Crippen LogP contribution < -0.4 is 9.88 Å². The lowest BCUT2D eigenvalue weighted by Crippen LogP contribution is -2.12. The molecule has 0 saturated carbocycles. The Bertz CT molecular complexity index is 1170. The first-order valence-corrected chi connectivity index (χ1v) is 10.5. The van der Waals surface area contributed by atoms with Gasteiger partial charge in [0.1, 0.15) is 11.5 Å². The van der Waals surface area contributed by atoms with E-state index in [0.717, 1.165) is 21.4 Å². The molecule has 0 unspecified atom stereocenters. The first-order chi connectivity index (χ1) is 12.4. The molecular formula is C16H11BrN4O3S2. The monoisotopic (exact) mass is 450 g/mol. The van der Waals surface area contributed by atoms with E-state index in [1.54, 1.807) is 6.20 Å². The lowest BCUT2D eigenvalue weighted by Gasteiger charge is -2.09. The number of aromatic nitrogens is 3. The van der Waals surface area contributed by atoms with E-state index in [1.807, 2.05) is 48.5 Å². The van der Waals surface area contributed by atoms with Gasteiger partial charge in [-0.1, -0.05) is 39.4 Å². The van der Waals surface area contributed by atoms with Crippen molar-refractivity contribution in [2.75, 3.05) is 0 Å². The van der Waals surface area contributed by atoms with E-state index in [1.165, 1.54) is 4.52 Å². The van der Waals surface area contributed by atoms with Crippen LogP contribution in [0.3, 0.4) is 0 Å². The van der Waals surface area contributed by atoms with E-state index in [9.17, 15) is 8.42 Å². The van der Waals surface area contributed by atoms with Crippen LogP contribution in [-0.4, -0.2) is 23.0 Å². The summed E-state index contributed by atoms with van der Waals surface area (Å²) in [5, 5.41) is 9.07. The fourth-order valence-electron chi connectivity index (χ4n) is 2.32. The van der Waals surface area contributed by atoms with Gasteiger partial charge in [-0.25, -0.2) is 23.1 Å². The third kappa shape index (κ3) is 3.36. The predicted octanol–water partition coefficient (Wildman–Crippen LogP) is 3.66. The molecule has 0 saturated heterocycles. The largest absolute Gasteiger partial charge is 0.457 e. The van der Waals surface area contributed by atoms with E-state index in [2.05, 4.69) is 26.0 Å². The van der Waals surface area contributed by atoms with Gasteiger partial charge in [-0.2, -0.15) is 0 Å². The predicted molar refractivity (Wildman–Crippen MR) is 102 cm³/mol. The molecule has 0 atom stereocenters. The number of benzene rings is 2. The van der Waals surface area contributed by atoms with E-state index in [0.29, 0.717) is 22.2 Å². The van der Waals surface area contributed by atoms with Crippen LogP contribution in [0.2, 0.25) is 0 Å². The highest BCUT2D eigenvalue weighted by molar-refractivity contribution is 9.10. The number of para-hydroxylation sites is 1. The summed E-state index contributed by atoms with van der Waals surface area (Å²) < 4.78 is 30.9. The maximum absolute atomic E-state index is 11.4. The summed E-state index contributed by atoms with van der Waals surface area (Å²) in [5.41, 5.74) is 1.39. The number of rotatable bonds is 4. The number of ether oxygens (including phenoxy) is 1. The van der Waals surface area contributed by atoms with Crippen LogP contribution in [0.5, 0.6) is 11.5 Å². The average molecular weight is 451 g/mol. The number of primary sulfonamides is 1. The second kappa shape index (κ2) is 6.47. The highest BCUT2D eigenvalue weighted by atomic mass is 79.9. The fourth-order valence-corrected chi connectivity index (χ4v) is 4.09. The summed E-state index contributed by atoms with van der Waals surface area (Å²) in [6.07, 6.45) is 1.64. The smallest absolute Gasteiger partial charge is 0.267 e. The molecule has 2 heterocycles. The zero-order valence-corrected chi connectivity index (χ0v) is 16.3. The maximum Gasteiger partial charge on any atom is 0.267 e. The molecule has 4 rings (SSSR count). The van der Waals surface area contributed by atoms with Crippen molar-refractivity contribution < 1.29 is 13.2 Å². The van der Waals surface area contributed by atoms with Gasteiger partial charge in [-0.05, 0) is 36.4 Å². The van der Waals surface area contributed by atoms with Gasteiger partial charge in [-0.15, -0.1) is 5.10 Å². The van der Waals surface area contributed by atoms with Crippen LogP contribution in [0.15, 0.2) is 63.5 Å². The van der Waals surface area contributed by atoms with Crippen LogP contribution in [0, 0.1) is 0 Å². The van der Waals surface area contributed by atoms with Crippen molar-refractivity contribution >= 4 is 42.3 Å². The molecule has 2 N–H and O–H groups in total. The molecule has 0 amide bonds. The highest BCUT2D eigenvalue weighted by Crippen LogP contribution is 2.34. The highest BCUT2D eigenvalue weighted by Gasteiger charge is 2.18. The fraction of sp³-hybridized carbons (Fsp3) is 0. The van der Waals surface area contributed by atoms with E-state index in [4.69, 9.17) is 9.88 Å². The van der Waals surface area contributed by atoms with Crippen molar-refractivity contribution in [3.05, 3.63) is 59.2 Å². The Balaban J connectivity index is 1.72. The topological polar surface area (TPSA) is 99.6 Å². The van der Waals surface area contributed by atoms with Crippen molar-refractivity contribution in [2.24, 2.45) is 5.14 Å². The van der Waals surface area contributed by atoms with Gasteiger partial charge < -0.3 is 4.74 Å². The molecule has 4 aromatic rings. The van der Waals surface area contributed by atoms with Gasteiger partial charge in [0, 0.05) is 10.0 Å². The van der Waals surface area contributed by atoms with Gasteiger partial charge in [0.2, 0.25) is 9.30 Å². The first kappa shape index (κ1) is 17.2. The second-order valence-electron chi connectivity index (χ2n) is 5.32. The summed E-state index contributed by atoms with van der Waals surface area (Å²) in [6.45, 7) is 0. The lowest BCUT2D eigenvalue weighted by molar-refractivity contribution is 0.484. The van der Waals surface area contributed by atoms with Crippen LogP contribution >= 0.6 is 27.3 Å². The average Bonchev–Trinajstić information content (AvgIpc) is 3.16. The molecule has 0 aliphatic rings. The molecule has 0 fully saturated rings. The van der Waals surface area contributed by atoms with Crippen molar-refractivity contribution in [1.29, 1.82) is 0 Å². The normalized spacial score (nSPS) is 11.8. The van der Waals surface area contributed by atoms with Crippen molar-refractivity contribution in [2.45, 2.75) is 4.34 Å². The minimum absolute atomic E-state index is 0.175. The number of hydrogen-bond donors (Lipinski definition) is 1. The zero-order valence-electron chi connectivity index (χ0n) is 13.0. The molecule has 0 bridgehead atoms. The molecule has 2 aromatic carbocycles. The van der Waals surface area contributed by atoms with Crippen LogP contribution in [0.25, 0.3) is 16.2 Å². The van der Waals surface area contributed by atoms with Crippen molar-refractivity contribution in [1.82, 2.24) is 14.6 Å². The standard InChI is InChI=1S/C16H11BrN4O3S2/c17-10-5-7-11(8-6-10)24-14-4-2-1-3-12(14)13-9-21-15(19-13)25-16(20-21)26(18,22)23/h1-9H,(H2,18,22,23). The number of sulfonamides is 1. The molecule has 26 heavy (non-hydrogen) atoms. The molecule has 0 aliphatic heterocycles. The van der Waals surface area contributed by atoms with Gasteiger partial charge in [-0.3, -0.25) is 0 Å². The summed E-state index contributed by atoms with van der Waals surface area (Å²) in [5.74, 6) is 1.32. The molecule has 132 valence electrons. The number of fused-ring (bicyclic) bond motifs is 1. The Morgan fingerprint density at radius 1 is 1.12 bits per heavy atom. The minimum atomic E-state index is -3.85. The maximum atomic E-state index is 11.4. The van der Waals surface area contributed by atoms with Crippen molar-refractivity contribution in [3.63, 3.8) is 0 Å². The lowest BCUT2D eigenvalue weighted by atomic mass is 10.1. The molecule has 7 nitrogen and oxygen atoms in total. The summed E-state index contributed by atoms with van der Waals surface area (Å²) in [4.78, 5) is 4.88. The molecule has 10 heteroatoms. The Labute approximate surface area is 161 Å². The molecule has 0 aliphatic carbocycles. The summed E-state index contributed by atoms with van der Waals surface area (Å²) in [6, 6.07) is 15.0. The Morgan fingerprint density at radius 3 is 2.54 bits per heavy atom. The molecule has 2 aromatic heterocycles. The van der Waals surface area contributed by atoms with E-state index >= 15 is 0 Å². The van der Waals surface area contributed by atoms with Crippen LogP contribution in [0.1, 0.15) is 0 Å². The first-order valence-electron chi connectivity index (χ1n) is 7.32. The number of nitrogens with zero attached hydrogens (tertiary/aromatic N) is 3. The van der Waals surface area contributed by atoms with E-state index < -0.39 is 10.0 Å². The number of halogens is 1. The van der Waals surface area contributed by atoms with E-state index in [-0.39, 0.29) is 4.34 Å². The third-order valence-electron chi connectivity index (χ3n) is 3.47. The molecular weight excluding hydrogens is 440 g/mol. The summed E-state index contributed by atoms with van der Waals surface area (Å²) >= 11 is 4.30. The van der Waals surface area contributed by atoms with Crippen LogP contribution in [0.4, 0.5) is 0 Å². The van der Waals surface area contributed by atoms with Gasteiger partial charge >= 0.3 is 0 Å². The number of imidazole rings is 1. The Hall–Kier alpha value is -2.27. The number of nitrogens with two attached hydrogens (primary N) is 1.